The number of ether oxygens (including phenoxy) is 3. The van der Waals surface area contributed by atoms with Crippen molar-refractivity contribution < 1.29 is 19.4 Å². The highest BCUT2D eigenvalue weighted by Crippen LogP contribution is 2.26. The van der Waals surface area contributed by atoms with Gasteiger partial charge in [0.25, 0.3) is 0 Å². The predicted molar refractivity (Wildman–Crippen MR) is 81.5 cm³/mol. The van der Waals surface area contributed by atoms with Crippen LogP contribution in [0.3, 0.4) is 0 Å². The molecule has 3 N–H and O–H groups in total. The number of nitrogens with zero attached hydrogens (tertiary/aromatic N) is 2. The van der Waals surface area contributed by atoms with Gasteiger partial charge in [0, 0.05) is 38.9 Å². The topological polar surface area (TPSA) is 89.5 Å². The largest absolute Gasteiger partial charge is 0.497 e. The van der Waals surface area contributed by atoms with Crippen molar-refractivity contribution in [1.82, 2.24) is 0 Å². The van der Waals surface area contributed by atoms with E-state index in [1.165, 1.54) is 0 Å². The fourth-order valence-electron chi connectivity index (χ4n) is 1.93. The summed E-state index contributed by atoms with van der Waals surface area (Å²) in [6.07, 6.45) is 0. The van der Waals surface area contributed by atoms with Crippen LogP contribution in [0.2, 0.25) is 0 Å². The van der Waals surface area contributed by atoms with Gasteiger partial charge in [-0.1, -0.05) is 5.16 Å². The molecule has 0 aromatic heterocycles. The number of hydrogen-bond donors (Lipinski definition) is 2. The van der Waals surface area contributed by atoms with Crippen molar-refractivity contribution >= 4 is 11.5 Å². The van der Waals surface area contributed by atoms with E-state index >= 15 is 0 Å². The van der Waals surface area contributed by atoms with Crippen LogP contribution in [-0.4, -0.2) is 58.7 Å². The van der Waals surface area contributed by atoms with Crippen molar-refractivity contribution in [3.05, 3.63) is 23.8 Å². The van der Waals surface area contributed by atoms with E-state index < -0.39 is 0 Å². The molecule has 0 aliphatic heterocycles. The molecule has 0 saturated carbocycles. The molecule has 0 spiro atoms. The molecule has 1 aromatic carbocycles. The van der Waals surface area contributed by atoms with Crippen molar-refractivity contribution in [2.75, 3.05) is 52.5 Å². The number of amidine groups is 1. The van der Waals surface area contributed by atoms with E-state index in [0.717, 1.165) is 5.69 Å². The summed E-state index contributed by atoms with van der Waals surface area (Å²) in [4.78, 5) is 2.04. The van der Waals surface area contributed by atoms with Gasteiger partial charge >= 0.3 is 0 Å². The molecule has 0 bridgehead atoms. The van der Waals surface area contributed by atoms with Crippen molar-refractivity contribution in [1.29, 1.82) is 0 Å². The summed E-state index contributed by atoms with van der Waals surface area (Å²) in [6.45, 7) is 2.41. The van der Waals surface area contributed by atoms with Crippen LogP contribution in [0.15, 0.2) is 23.4 Å². The first-order chi connectivity index (χ1) is 10.2. The summed E-state index contributed by atoms with van der Waals surface area (Å²) in [5, 5.41) is 12.0. The summed E-state index contributed by atoms with van der Waals surface area (Å²) in [7, 11) is 4.88. The van der Waals surface area contributed by atoms with Crippen LogP contribution in [0, 0.1) is 0 Å². The molecule has 7 heteroatoms. The van der Waals surface area contributed by atoms with E-state index in [2.05, 4.69) is 5.16 Å². The van der Waals surface area contributed by atoms with Gasteiger partial charge in [-0.25, -0.2) is 0 Å². The lowest BCUT2D eigenvalue weighted by Crippen LogP contribution is -2.32. The number of rotatable bonds is 9. The van der Waals surface area contributed by atoms with E-state index in [1.54, 1.807) is 33.5 Å². The zero-order valence-electron chi connectivity index (χ0n) is 12.7. The Balaban J connectivity index is 3.17. The predicted octanol–water partition coefficient (Wildman–Crippen LogP) is 0.889. The number of nitrogens with two attached hydrogens (primary N) is 1. The lowest BCUT2D eigenvalue weighted by atomic mass is 10.1. The third-order valence-electron chi connectivity index (χ3n) is 3.06. The highest BCUT2D eigenvalue weighted by Gasteiger charge is 2.15. The first-order valence-electron chi connectivity index (χ1n) is 6.56. The van der Waals surface area contributed by atoms with Gasteiger partial charge in [-0.3, -0.25) is 0 Å². The first-order valence-corrected chi connectivity index (χ1v) is 6.56. The minimum absolute atomic E-state index is 0.0486. The number of anilines is 1. The van der Waals surface area contributed by atoms with Crippen molar-refractivity contribution in [2.24, 2.45) is 10.9 Å². The molecule has 0 fully saturated rings. The van der Waals surface area contributed by atoms with E-state index in [1.807, 2.05) is 11.0 Å². The third kappa shape index (κ3) is 4.80. The Morgan fingerprint density at radius 3 is 2.29 bits per heavy atom. The first kappa shape index (κ1) is 17.1. The molecule has 0 unspecified atom stereocenters. The maximum atomic E-state index is 8.94. The number of oxime groups is 1. The van der Waals surface area contributed by atoms with Crippen LogP contribution in [0.5, 0.6) is 5.75 Å². The summed E-state index contributed by atoms with van der Waals surface area (Å²) in [6, 6.07) is 5.37. The van der Waals surface area contributed by atoms with Gasteiger partial charge in [0.1, 0.15) is 5.75 Å². The normalized spacial score (nSPS) is 11.5. The Labute approximate surface area is 124 Å². The maximum Gasteiger partial charge on any atom is 0.172 e. The quantitative estimate of drug-likeness (QED) is 0.304. The molecule has 21 heavy (non-hydrogen) atoms. The van der Waals surface area contributed by atoms with E-state index in [4.69, 9.17) is 25.2 Å². The molecule has 0 amide bonds. The van der Waals surface area contributed by atoms with Gasteiger partial charge in [0.05, 0.1) is 26.0 Å². The Kier molecular flexibility index (Phi) is 7.34. The van der Waals surface area contributed by atoms with E-state index in [-0.39, 0.29) is 5.84 Å². The molecule has 118 valence electrons. The summed E-state index contributed by atoms with van der Waals surface area (Å²) in [5.74, 6) is 0.742. The van der Waals surface area contributed by atoms with Crippen LogP contribution in [0.1, 0.15) is 5.56 Å². The molecule has 1 aromatic rings. The molecule has 1 rings (SSSR count). The van der Waals surface area contributed by atoms with Gasteiger partial charge in [-0.15, -0.1) is 0 Å². The summed E-state index contributed by atoms with van der Waals surface area (Å²) >= 11 is 0. The monoisotopic (exact) mass is 297 g/mol. The number of methoxy groups -OCH3 is 3. The van der Waals surface area contributed by atoms with E-state index in [9.17, 15) is 0 Å². The van der Waals surface area contributed by atoms with Gasteiger partial charge < -0.3 is 30.1 Å². The average Bonchev–Trinajstić information content (AvgIpc) is 2.53. The minimum Gasteiger partial charge on any atom is -0.497 e. The second kappa shape index (κ2) is 9.04. The molecule has 0 aliphatic carbocycles. The summed E-state index contributed by atoms with van der Waals surface area (Å²) < 4.78 is 15.5. The lowest BCUT2D eigenvalue weighted by Gasteiger charge is -2.26. The van der Waals surface area contributed by atoms with Gasteiger partial charge in [-0.2, -0.15) is 0 Å². The Bertz CT molecular complexity index is 458. The fourth-order valence-corrected chi connectivity index (χ4v) is 1.93. The highest BCUT2D eigenvalue weighted by atomic mass is 16.5. The molecule has 0 atom stereocenters. The highest BCUT2D eigenvalue weighted by molar-refractivity contribution is 6.02. The van der Waals surface area contributed by atoms with Gasteiger partial charge in [0.2, 0.25) is 0 Å². The van der Waals surface area contributed by atoms with Gasteiger partial charge in [0.15, 0.2) is 5.84 Å². The molecule has 0 radical (unpaired) electrons. The second-order valence-corrected chi connectivity index (χ2v) is 4.34. The van der Waals surface area contributed by atoms with Crippen molar-refractivity contribution in [3.63, 3.8) is 0 Å². The SMILES string of the molecule is COCCN(CCOC)c1cc(OC)ccc1/C(N)=N/O. The standard InChI is InChI=1S/C14H23N3O4/c1-19-8-6-17(7-9-20-2)13-10-11(21-3)4-5-12(13)14(15)16-18/h4-5,10,18H,6-9H2,1-3H3,(H2,15,16). The Morgan fingerprint density at radius 1 is 1.19 bits per heavy atom. The summed E-state index contributed by atoms with van der Waals surface area (Å²) in [5.41, 5.74) is 7.19. The lowest BCUT2D eigenvalue weighted by molar-refractivity contribution is 0.190. The van der Waals surface area contributed by atoms with Crippen LogP contribution in [0.25, 0.3) is 0 Å². The smallest absolute Gasteiger partial charge is 0.172 e. The van der Waals surface area contributed by atoms with Crippen molar-refractivity contribution in [2.45, 2.75) is 0 Å². The molecule has 7 nitrogen and oxygen atoms in total. The minimum atomic E-state index is 0.0486. The molecular weight excluding hydrogens is 274 g/mol. The Morgan fingerprint density at radius 2 is 1.81 bits per heavy atom. The zero-order chi connectivity index (χ0) is 15.7. The van der Waals surface area contributed by atoms with E-state index in [0.29, 0.717) is 37.6 Å². The van der Waals surface area contributed by atoms with Crippen LogP contribution >= 0.6 is 0 Å². The van der Waals surface area contributed by atoms with Crippen LogP contribution < -0.4 is 15.4 Å². The maximum absolute atomic E-state index is 8.94. The molecule has 0 saturated heterocycles. The second-order valence-electron chi connectivity index (χ2n) is 4.34. The third-order valence-corrected chi connectivity index (χ3v) is 3.06. The molecule has 0 aliphatic rings. The molecular formula is C14H23N3O4. The van der Waals surface area contributed by atoms with Crippen molar-refractivity contribution in [3.8, 4) is 5.75 Å². The number of hydrogen-bond acceptors (Lipinski definition) is 6. The Hall–Kier alpha value is -1.99. The average molecular weight is 297 g/mol. The molecule has 0 heterocycles. The zero-order valence-corrected chi connectivity index (χ0v) is 12.7. The number of benzene rings is 1. The van der Waals surface area contributed by atoms with Gasteiger partial charge in [-0.05, 0) is 12.1 Å². The van der Waals surface area contributed by atoms with Crippen LogP contribution in [0.4, 0.5) is 5.69 Å². The van der Waals surface area contributed by atoms with Crippen LogP contribution in [-0.2, 0) is 9.47 Å². The fraction of sp³-hybridized carbons (Fsp3) is 0.500.